The van der Waals surface area contributed by atoms with E-state index in [1.807, 2.05) is 17.8 Å². The summed E-state index contributed by atoms with van der Waals surface area (Å²) < 4.78 is 14.1. The molecule has 0 aliphatic rings. The Balaban J connectivity index is 1.83. The van der Waals surface area contributed by atoms with Crippen LogP contribution in [-0.4, -0.2) is 56.9 Å². The highest BCUT2D eigenvalue weighted by atomic mass is 35.5. The van der Waals surface area contributed by atoms with Crippen molar-refractivity contribution >= 4 is 29.1 Å². The maximum Gasteiger partial charge on any atom is 0.243 e. The van der Waals surface area contributed by atoms with Gasteiger partial charge in [-0.2, -0.15) is 0 Å². The Kier molecular flexibility index (Phi) is 6.71. The number of hydrogen-bond acceptors (Lipinski definition) is 7. The molecule has 8 nitrogen and oxygen atoms in total. The molecule has 0 saturated carbocycles. The van der Waals surface area contributed by atoms with Crippen molar-refractivity contribution in [2.75, 3.05) is 26.6 Å². The number of ketones is 1. The van der Waals surface area contributed by atoms with E-state index >= 15 is 0 Å². The van der Waals surface area contributed by atoms with Crippen molar-refractivity contribution in [1.29, 1.82) is 0 Å². The third-order valence-corrected chi connectivity index (χ3v) is 5.18. The van der Waals surface area contributed by atoms with Gasteiger partial charge in [-0.1, -0.05) is 23.4 Å². The number of aryl methyl sites for hydroxylation is 1. The highest BCUT2D eigenvalue weighted by Crippen LogP contribution is 2.30. The summed E-state index contributed by atoms with van der Waals surface area (Å²) >= 11 is 7.20. The zero-order valence-corrected chi connectivity index (χ0v) is 17.3. The molecule has 10 heteroatoms. The first-order chi connectivity index (χ1) is 13.5. The van der Waals surface area contributed by atoms with E-state index in [0.717, 1.165) is 5.56 Å². The van der Waals surface area contributed by atoms with Crippen LogP contribution in [0.2, 0.25) is 5.02 Å². The van der Waals surface area contributed by atoms with Crippen molar-refractivity contribution in [3.8, 4) is 17.3 Å². The molecule has 0 saturated heterocycles. The molecule has 3 rings (SSSR count). The lowest BCUT2D eigenvalue weighted by Crippen LogP contribution is -2.09. The quantitative estimate of drug-likeness (QED) is 0.388. The number of aromatic nitrogens is 5. The second-order valence-electron chi connectivity index (χ2n) is 5.90. The summed E-state index contributed by atoms with van der Waals surface area (Å²) in [5.41, 5.74) is 1.33. The number of Topliss-reactive ketones (excluding diaryl/α,β-unsaturated/α-hetero) is 1. The van der Waals surface area contributed by atoms with Crippen molar-refractivity contribution in [1.82, 2.24) is 24.5 Å². The number of halogens is 1. The molecule has 148 valence electrons. The largest absolute Gasteiger partial charge is 0.479 e. The van der Waals surface area contributed by atoms with Gasteiger partial charge in [0.15, 0.2) is 16.8 Å². The number of methoxy groups -OCH3 is 2. The number of thioether (sulfide) groups is 1. The van der Waals surface area contributed by atoms with E-state index in [4.69, 9.17) is 21.1 Å². The summed E-state index contributed by atoms with van der Waals surface area (Å²) in [5.74, 6) is 1.30. The zero-order chi connectivity index (χ0) is 20.1. The molecule has 0 spiro atoms. The minimum atomic E-state index is -0.0107. The zero-order valence-electron chi connectivity index (χ0n) is 15.8. The molecule has 0 unspecified atom stereocenters. The van der Waals surface area contributed by atoms with Crippen LogP contribution in [0.3, 0.4) is 0 Å². The number of ether oxygens (including phenoxy) is 2. The van der Waals surface area contributed by atoms with Gasteiger partial charge in [0.1, 0.15) is 5.56 Å². The van der Waals surface area contributed by atoms with Crippen LogP contribution < -0.4 is 4.74 Å². The average molecular weight is 422 g/mol. The van der Waals surface area contributed by atoms with Crippen LogP contribution >= 0.6 is 23.4 Å². The van der Waals surface area contributed by atoms with Gasteiger partial charge in [0.25, 0.3) is 0 Å². The van der Waals surface area contributed by atoms with Crippen LogP contribution in [0, 0.1) is 0 Å². The van der Waals surface area contributed by atoms with Gasteiger partial charge in [-0.25, -0.2) is 0 Å². The van der Waals surface area contributed by atoms with Crippen molar-refractivity contribution in [3.63, 3.8) is 0 Å². The summed E-state index contributed by atoms with van der Waals surface area (Å²) in [6.07, 6.45) is 1.82. The summed E-state index contributed by atoms with van der Waals surface area (Å²) in [6, 6.07) is 6.83. The summed E-state index contributed by atoms with van der Waals surface area (Å²) in [6.45, 7) is 1.01. The fourth-order valence-corrected chi connectivity index (χ4v) is 3.59. The van der Waals surface area contributed by atoms with E-state index in [-0.39, 0.29) is 11.5 Å². The predicted molar refractivity (Wildman–Crippen MR) is 107 cm³/mol. The van der Waals surface area contributed by atoms with E-state index < -0.39 is 0 Å². The topological polar surface area (TPSA) is 84.1 Å². The number of nitrogens with zero attached hydrogens (tertiary/aromatic N) is 5. The first kappa shape index (κ1) is 20.4. The van der Waals surface area contributed by atoms with E-state index in [0.29, 0.717) is 40.6 Å². The number of benzene rings is 1. The standard InChI is InChI=1S/C18H20ClN5O3S/c1-23-10-14(17(22-23)27-3)16-20-21-18(24(16)8-9-26-2)28-11-15(25)12-4-6-13(19)7-5-12/h4-7,10H,8-9,11H2,1-3H3. The first-order valence-corrected chi connectivity index (χ1v) is 9.81. The van der Waals surface area contributed by atoms with Crippen LogP contribution in [0.15, 0.2) is 35.6 Å². The molecule has 0 bridgehead atoms. The number of hydrogen-bond donors (Lipinski definition) is 0. The predicted octanol–water partition coefficient (Wildman–Crippen LogP) is 2.96. The average Bonchev–Trinajstić information content (AvgIpc) is 3.27. The molecule has 0 amide bonds. The minimum Gasteiger partial charge on any atom is -0.479 e. The van der Waals surface area contributed by atoms with Crippen molar-refractivity contribution in [2.45, 2.75) is 11.7 Å². The van der Waals surface area contributed by atoms with Gasteiger partial charge in [0, 0.05) is 30.9 Å². The Morgan fingerprint density at radius 3 is 2.64 bits per heavy atom. The third-order valence-electron chi connectivity index (χ3n) is 3.96. The highest BCUT2D eigenvalue weighted by Gasteiger charge is 2.21. The van der Waals surface area contributed by atoms with E-state index in [2.05, 4.69) is 15.3 Å². The molecule has 0 aliphatic heterocycles. The molecule has 0 radical (unpaired) electrons. The normalized spacial score (nSPS) is 11.0. The highest BCUT2D eigenvalue weighted by molar-refractivity contribution is 7.99. The molecular weight excluding hydrogens is 402 g/mol. The minimum absolute atomic E-state index is 0.0107. The monoisotopic (exact) mass is 421 g/mol. The fourth-order valence-electron chi connectivity index (χ4n) is 2.60. The smallest absolute Gasteiger partial charge is 0.243 e. The van der Waals surface area contributed by atoms with Gasteiger partial charge in [-0.05, 0) is 24.3 Å². The Morgan fingerprint density at radius 2 is 1.96 bits per heavy atom. The lowest BCUT2D eigenvalue weighted by molar-refractivity contribution is 0.102. The summed E-state index contributed by atoms with van der Waals surface area (Å²) in [5, 5.41) is 14.1. The molecule has 1 aromatic carbocycles. The van der Waals surface area contributed by atoms with Gasteiger partial charge < -0.3 is 9.47 Å². The van der Waals surface area contributed by atoms with Crippen LogP contribution in [-0.2, 0) is 18.3 Å². The maximum atomic E-state index is 12.5. The van der Waals surface area contributed by atoms with Gasteiger partial charge in [-0.3, -0.25) is 14.0 Å². The number of rotatable bonds is 9. The summed E-state index contributed by atoms with van der Waals surface area (Å²) in [4.78, 5) is 12.5. The number of carbonyl (C=O) groups is 1. The van der Waals surface area contributed by atoms with Crippen LogP contribution in [0.5, 0.6) is 5.88 Å². The molecule has 0 N–H and O–H groups in total. The van der Waals surface area contributed by atoms with Gasteiger partial charge in [-0.15, -0.1) is 15.3 Å². The number of carbonyl (C=O) groups excluding carboxylic acids is 1. The molecule has 0 atom stereocenters. The van der Waals surface area contributed by atoms with Crippen molar-refractivity contribution < 1.29 is 14.3 Å². The molecule has 0 fully saturated rings. The molecule has 28 heavy (non-hydrogen) atoms. The lowest BCUT2D eigenvalue weighted by atomic mass is 10.1. The van der Waals surface area contributed by atoms with Crippen LogP contribution in [0.4, 0.5) is 0 Å². The van der Waals surface area contributed by atoms with E-state index in [1.165, 1.54) is 11.8 Å². The Morgan fingerprint density at radius 1 is 1.21 bits per heavy atom. The molecule has 2 aromatic heterocycles. The van der Waals surface area contributed by atoms with Crippen molar-refractivity contribution in [2.24, 2.45) is 7.05 Å². The third kappa shape index (κ3) is 4.54. The molecule has 2 heterocycles. The first-order valence-electron chi connectivity index (χ1n) is 8.45. The SMILES string of the molecule is COCCn1c(SCC(=O)c2ccc(Cl)cc2)nnc1-c1cn(C)nc1OC. The van der Waals surface area contributed by atoms with Gasteiger partial charge >= 0.3 is 0 Å². The Bertz CT molecular complexity index is 955. The molecular formula is C18H20ClN5O3S. The fraction of sp³-hybridized carbons (Fsp3) is 0.333. The van der Waals surface area contributed by atoms with Crippen LogP contribution in [0.1, 0.15) is 10.4 Å². The van der Waals surface area contributed by atoms with Crippen LogP contribution in [0.25, 0.3) is 11.4 Å². The van der Waals surface area contributed by atoms with Gasteiger partial charge in [0.2, 0.25) is 5.88 Å². The second kappa shape index (κ2) is 9.22. The molecule has 0 aliphatic carbocycles. The second-order valence-corrected chi connectivity index (χ2v) is 7.27. The van der Waals surface area contributed by atoms with E-state index in [9.17, 15) is 4.79 Å². The Hall–Kier alpha value is -2.36. The lowest BCUT2D eigenvalue weighted by Gasteiger charge is -2.09. The maximum absolute atomic E-state index is 12.5. The van der Waals surface area contributed by atoms with Crippen molar-refractivity contribution in [3.05, 3.63) is 41.0 Å². The Labute approximate surface area is 171 Å². The van der Waals surface area contributed by atoms with Gasteiger partial charge in [0.05, 0.1) is 26.0 Å². The van der Waals surface area contributed by atoms with E-state index in [1.54, 1.807) is 43.2 Å². The molecule has 3 aromatic rings. The summed E-state index contributed by atoms with van der Waals surface area (Å²) in [7, 11) is 5.00.